The Hall–Kier alpha value is -1.35. The summed E-state index contributed by atoms with van der Waals surface area (Å²) in [5, 5.41) is 18.6. The molecular weight excluding hydrogens is 168 g/mol. The third kappa shape index (κ3) is 1.31. The highest BCUT2D eigenvalue weighted by Crippen LogP contribution is 2.46. The van der Waals surface area contributed by atoms with Crippen molar-refractivity contribution in [3.63, 3.8) is 0 Å². The van der Waals surface area contributed by atoms with E-state index in [0.717, 1.165) is 0 Å². The van der Waals surface area contributed by atoms with E-state index in [-0.39, 0.29) is 5.56 Å². The van der Waals surface area contributed by atoms with Crippen LogP contribution in [0, 0.1) is 0 Å². The first-order chi connectivity index (χ1) is 6.13. The van der Waals surface area contributed by atoms with Gasteiger partial charge in [-0.25, -0.2) is 4.79 Å². The zero-order valence-corrected chi connectivity index (χ0v) is 7.03. The molecule has 1 fully saturated rings. The molecule has 13 heavy (non-hydrogen) atoms. The van der Waals surface area contributed by atoms with E-state index in [4.69, 9.17) is 5.11 Å². The Morgan fingerprint density at radius 1 is 1.31 bits per heavy atom. The number of carboxylic acids is 1. The van der Waals surface area contributed by atoms with Crippen LogP contribution in [-0.4, -0.2) is 16.2 Å². The predicted octanol–water partition coefficient (Wildman–Crippen LogP) is 1.37. The second-order valence-corrected chi connectivity index (χ2v) is 3.38. The summed E-state index contributed by atoms with van der Waals surface area (Å²) < 4.78 is 0. The molecule has 2 N–H and O–H groups in total. The molecule has 2 rings (SSSR count). The van der Waals surface area contributed by atoms with Crippen molar-refractivity contribution in [1.82, 2.24) is 0 Å². The topological polar surface area (TPSA) is 57.5 Å². The van der Waals surface area contributed by atoms with Crippen LogP contribution >= 0.6 is 0 Å². The first-order valence-corrected chi connectivity index (χ1v) is 4.19. The monoisotopic (exact) mass is 178 g/mol. The number of aromatic carboxylic acids is 1. The SMILES string of the molecule is O=C(O)c1ccccc1C1(O)CC1. The molecule has 3 heteroatoms. The molecular formula is C10H10O3. The predicted molar refractivity (Wildman–Crippen MR) is 46.5 cm³/mol. The molecule has 0 heterocycles. The fourth-order valence-electron chi connectivity index (χ4n) is 1.46. The molecule has 0 amide bonds. The molecule has 0 radical (unpaired) electrons. The number of benzene rings is 1. The molecule has 0 saturated heterocycles. The van der Waals surface area contributed by atoms with Gasteiger partial charge in [0.2, 0.25) is 0 Å². The lowest BCUT2D eigenvalue weighted by atomic mass is 10.0. The number of aliphatic hydroxyl groups is 1. The highest BCUT2D eigenvalue weighted by molar-refractivity contribution is 5.89. The first kappa shape index (κ1) is 8.26. The van der Waals surface area contributed by atoms with Gasteiger partial charge >= 0.3 is 5.97 Å². The summed E-state index contributed by atoms with van der Waals surface area (Å²) in [7, 11) is 0. The minimum absolute atomic E-state index is 0.211. The minimum Gasteiger partial charge on any atom is -0.478 e. The molecule has 1 saturated carbocycles. The fourth-order valence-corrected chi connectivity index (χ4v) is 1.46. The van der Waals surface area contributed by atoms with E-state index in [1.54, 1.807) is 18.2 Å². The largest absolute Gasteiger partial charge is 0.478 e. The van der Waals surface area contributed by atoms with E-state index in [1.807, 2.05) is 0 Å². The molecule has 68 valence electrons. The van der Waals surface area contributed by atoms with Crippen LogP contribution in [0.5, 0.6) is 0 Å². The van der Waals surface area contributed by atoms with E-state index in [2.05, 4.69) is 0 Å². The van der Waals surface area contributed by atoms with Crippen LogP contribution in [0.1, 0.15) is 28.8 Å². The number of rotatable bonds is 2. The van der Waals surface area contributed by atoms with Crippen molar-refractivity contribution in [2.24, 2.45) is 0 Å². The fraction of sp³-hybridized carbons (Fsp3) is 0.300. The quantitative estimate of drug-likeness (QED) is 0.719. The van der Waals surface area contributed by atoms with Gasteiger partial charge in [0.1, 0.15) is 0 Å². The van der Waals surface area contributed by atoms with Crippen molar-refractivity contribution < 1.29 is 15.0 Å². The third-order valence-corrected chi connectivity index (χ3v) is 2.38. The van der Waals surface area contributed by atoms with Gasteiger partial charge < -0.3 is 10.2 Å². The smallest absolute Gasteiger partial charge is 0.336 e. The number of carboxylic acid groups (broad SMARTS) is 1. The van der Waals surface area contributed by atoms with Crippen molar-refractivity contribution in [2.75, 3.05) is 0 Å². The van der Waals surface area contributed by atoms with Crippen LogP contribution in [0.3, 0.4) is 0 Å². The second-order valence-electron chi connectivity index (χ2n) is 3.38. The van der Waals surface area contributed by atoms with Crippen molar-refractivity contribution in [3.05, 3.63) is 35.4 Å². The highest BCUT2D eigenvalue weighted by Gasteiger charge is 2.44. The molecule has 1 aliphatic carbocycles. The van der Waals surface area contributed by atoms with Crippen molar-refractivity contribution in [2.45, 2.75) is 18.4 Å². The van der Waals surface area contributed by atoms with Gasteiger partial charge in [0, 0.05) is 0 Å². The molecule has 1 aromatic carbocycles. The van der Waals surface area contributed by atoms with Gasteiger partial charge in [-0.05, 0) is 24.5 Å². The normalized spacial score (nSPS) is 18.2. The number of hydrogen-bond acceptors (Lipinski definition) is 2. The van der Waals surface area contributed by atoms with Gasteiger partial charge in [-0.3, -0.25) is 0 Å². The van der Waals surface area contributed by atoms with Gasteiger partial charge in [0.15, 0.2) is 0 Å². The number of carbonyl (C=O) groups is 1. The summed E-state index contributed by atoms with van der Waals surface area (Å²) in [5.41, 5.74) is -0.111. The molecule has 0 aromatic heterocycles. The lowest BCUT2D eigenvalue weighted by molar-refractivity contribution is 0.0685. The van der Waals surface area contributed by atoms with Gasteiger partial charge in [-0.2, -0.15) is 0 Å². The summed E-state index contributed by atoms with van der Waals surface area (Å²) >= 11 is 0. The maximum absolute atomic E-state index is 10.8. The van der Waals surface area contributed by atoms with Gasteiger partial charge in [-0.15, -0.1) is 0 Å². The zero-order chi connectivity index (χ0) is 9.47. The molecule has 0 unspecified atom stereocenters. The maximum Gasteiger partial charge on any atom is 0.336 e. The lowest BCUT2D eigenvalue weighted by Crippen LogP contribution is -2.11. The summed E-state index contributed by atoms with van der Waals surface area (Å²) in [6, 6.07) is 6.61. The average Bonchev–Trinajstić information content (AvgIpc) is 2.85. The van der Waals surface area contributed by atoms with Gasteiger partial charge in [0.05, 0.1) is 11.2 Å². The third-order valence-electron chi connectivity index (χ3n) is 2.38. The summed E-state index contributed by atoms with van der Waals surface area (Å²) in [6.07, 6.45) is 1.33. The first-order valence-electron chi connectivity index (χ1n) is 4.19. The van der Waals surface area contributed by atoms with E-state index >= 15 is 0 Å². The van der Waals surface area contributed by atoms with Crippen LogP contribution in [-0.2, 0) is 5.60 Å². The maximum atomic E-state index is 10.8. The summed E-state index contributed by atoms with van der Waals surface area (Å²) in [5.74, 6) is -0.976. The summed E-state index contributed by atoms with van der Waals surface area (Å²) in [4.78, 5) is 10.8. The molecule has 3 nitrogen and oxygen atoms in total. The van der Waals surface area contributed by atoms with Crippen molar-refractivity contribution in [1.29, 1.82) is 0 Å². The second kappa shape index (κ2) is 2.57. The molecule has 0 atom stereocenters. The van der Waals surface area contributed by atoms with Crippen molar-refractivity contribution >= 4 is 5.97 Å². The zero-order valence-electron chi connectivity index (χ0n) is 7.03. The average molecular weight is 178 g/mol. The molecule has 0 spiro atoms. The van der Waals surface area contributed by atoms with Crippen molar-refractivity contribution in [3.8, 4) is 0 Å². The van der Waals surface area contributed by atoms with E-state index in [9.17, 15) is 9.90 Å². The lowest BCUT2D eigenvalue weighted by Gasteiger charge is -2.10. The Kier molecular flexibility index (Phi) is 1.63. The summed E-state index contributed by atoms with van der Waals surface area (Å²) in [6.45, 7) is 0. The van der Waals surface area contributed by atoms with Crippen LogP contribution in [0.15, 0.2) is 24.3 Å². The van der Waals surface area contributed by atoms with Gasteiger partial charge in [0.25, 0.3) is 0 Å². The van der Waals surface area contributed by atoms with Crippen LogP contribution in [0.2, 0.25) is 0 Å². The van der Waals surface area contributed by atoms with Crippen LogP contribution < -0.4 is 0 Å². The Morgan fingerprint density at radius 3 is 2.46 bits per heavy atom. The van der Waals surface area contributed by atoms with E-state index in [0.29, 0.717) is 18.4 Å². The minimum atomic E-state index is -0.976. The molecule has 1 aliphatic rings. The number of hydrogen-bond donors (Lipinski definition) is 2. The Morgan fingerprint density at radius 2 is 1.92 bits per heavy atom. The standard InChI is InChI=1S/C10H10O3/c11-9(12)7-3-1-2-4-8(7)10(13)5-6-10/h1-4,13H,5-6H2,(H,11,12). The van der Waals surface area contributed by atoms with Crippen LogP contribution in [0.25, 0.3) is 0 Å². The molecule has 0 bridgehead atoms. The van der Waals surface area contributed by atoms with E-state index in [1.165, 1.54) is 6.07 Å². The van der Waals surface area contributed by atoms with Crippen LogP contribution in [0.4, 0.5) is 0 Å². The van der Waals surface area contributed by atoms with Gasteiger partial charge in [-0.1, -0.05) is 18.2 Å². The Labute approximate surface area is 75.6 Å². The molecule has 1 aromatic rings. The Bertz CT molecular complexity index is 353. The molecule has 0 aliphatic heterocycles. The highest BCUT2D eigenvalue weighted by atomic mass is 16.4. The Balaban J connectivity index is 2.50. The van der Waals surface area contributed by atoms with E-state index < -0.39 is 11.6 Å².